The summed E-state index contributed by atoms with van der Waals surface area (Å²) in [6.45, 7) is 3.47. The molecule has 0 amide bonds. The van der Waals surface area contributed by atoms with Crippen molar-refractivity contribution in [3.63, 3.8) is 0 Å². The third-order valence-electron chi connectivity index (χ3n) is 2.40. The molecule has 1 aromatic carbocycles. The Morgan fingerprint density at radius 2 is 2.00 bits per heavy atom. The second-order valence-corrected chi connectivity index (χ2v) is 3.70. The minimum atomic E-state index is -4.59. The van der Waals surface area contributed by atoms with E-state index in [9.17, 15) is 17.6 Å². The summed E-state index contributed by atoms with van der Waals surface area (Å²) in [4.78, 5) is 0. The molecule has 0 aliphatic carbocycles. The van der Waals surface area contributed by atoms with Gasteiger partial charge >= 0.3 is 6.18 Å². The Kier molecular flexibility index (Phi) is 4.28. The van der Waals surface area contributed by atoms with Crippen LogP contribution in [0.4, 0.5) is 17.6 Å². The van der Waals surface area contributed by atoms with Crippen LogP contribution in [0.15, 0.2) is 30.9 Å². The molecule has 0 heterocycles. The van der Waals surface area contributed by atoms with Gasteiger partial charge in [-0.15, -0.1) is 6.58 Å². The maximum atomic E-state index is 12.8. The molecular weight excluding hydrogens is 234 g/mol. The van der Waals surface area contributed by atoms with Gasteiger partial charge in [-0.3, -0.25) is 0 Å². The predicted molar refractivity (Wildman–Crippen MR) is 57.8 cm³/mol. The van der Waals surface area contributed by atoms with Crippen molar-refractivity contribution in [2.75, 3.05) is 0 Å². The lowest BCUT2D eigenvalue weighted by Crippen LogP contribution is -2.17. The summed E-state index contributed by atoms with van der Waals surface area (Å²) in [6, 6.07) is 1.78. The number of hydrogen-bond acceptors (Lipinski definition) is 1. The quantitative estimate of drug-likeness (QED) is 0.635. The Bertz CT molecular complexity index is 398. The van der Waals surface area contributed by atoms with Gasteiger partial charge < -0.3 is 5.73 Å². The monoisotopic (exact) mass is 247 g/mol. The molecular formula is C12H13F4N. The average Bonchev–Trinajstić information content (AvgIpc) is 2.24. The molecule has 1 aromatic rings. The highest BCUT2D eigenvalue weighted by Gasteiger charge is 2.34. The molecule has 0 radical (unpaired) electrons. The minimum absolute atomic E-state index is 0.0826. The van der Waals surface area contributed by atoms with E-state index in [1.54, 1.807) is 6.08 Å². The van der Waals surface area contributed by atoms with Gasteiger partial charge in [-0.25, -0.2) is 4.39 Å². The van der Waals surface area contributed by atoms with Crippen LogP contribution in [0.5, 0.6) is 0 Å². The van der Waals surface area contributed by atoms with E-state index in [2.05, 4.69) is 6.58 Å². The normalized spacial score (nSPS) is 13.5. The van der Waals surface area contributed by atoms with Crippen molar-refractivity contribution in [2.45, 2.75) is 25.1 Å². The first-order chi connectivity index (χ1) is 7.86. The summed E-state index contributed by atoms with van der Waals surface area (Å²) in [5.74, 6) is -0.919. The summed E-state index contributed by atoms with van der Waals surface area (Å²) in [5.41, 5.74) is 4.57. The lowest BCUT2D eigenvalue weighted by atomic mass is 9.97. The van der Waals surface area contributed by atoms with Gasteiger partial charge in [0, 0.05) is 6.04 Å². The zero-order chi connectivity index (χ0) is 13.1. The number of alkyl halides is 3. The van der Waals surface area contributed by atoms with E-state index in [0.717, 1.165) is 12.1 Å². The molecule has 0 aliphatic rings. The van der Waals surface area contributed by atoms with Crippen LogP contribution in [0.2, 0.25) is 0 Å². The number of benzene rings is 1. The molecule has 2 N–H and O–H groups in total. The smallest absolute Gasteiger partial charge is 0.324 e. The number of halogens is 4. The van der Waals surface area contributed by atoms with E-state index in [0.29, 0.717) is 18.9 Å². The second-order valence-electron chi connectivity index (χ2n) is 3.70. The first kappa shape index (κ1) is 13.7. The maximum Gasteiger partial charge on any atom is 0.416 e. The summed E-state index contributed by atoms with van der Waals surface area (Å²) in [6.07, 6.45) is -2.16. The van der Waals surface area contributed by atoms with Gasteiger partial charge in [0.05, 0.1) is 5.56 Å². The Balaban J connectivity index is 3.10. The fourth-order valence-electron chi connectivity index (χ4n) is 1.55. The van der Waals surface area contributed by atoms with Crippen molar-refractivity contribution < 1.29 is 17.6 Å². The van der Waals surface area contributed by atoms with Gasteiger partial charge in [0.25, 0.3) is 0 Å². The number of hydrogen-bond donors (Lipinski definition) is 1. The van der Waals surface area contributed by atoms with Crippen molar-refractivity contribution in [2.24, 2.45) is 5.73 Å². The Morgan fingerprint density at radius 3 is 2.53 bits per heavy atom. The maximum absolute atomic E-state index is 12.8. The topological polar surface area (TPSA) is 26.0 Å². The molecule has 1 atom stereocenters. The van der Waals surface area contributed by atoms with E-state index in [1.165, 1.54) is 0 Å². The van der Waals surface area contributed by atoms with Crippen LogP contribution in [0.3, 0.4) is 0 Å². The Labute approximate surface area is 96.9 Å². The summed E-state index contributed by atoms with van der Waals surface area (Å²) < 4.78 is 50.8. The third-order valence-corrected chi connectivity index (χ3v) is 2.40. The van der Waals surface area contributed by atoms with Crippen LogP contribution < -0.4 is 5.73 Å². The van der Waals surface area contributed by atoms with E-state index in [1.807, 2.05) is 0 Å². The highest BCUT2D eigenvalue weighted by atomic mass is 19.4. The summed E-state index contributed by atoms with van der Waals surface area (Å²) in [7, 11) is 0. The first-order valence-electron chi connectivity index (χ1n) is 5.09. The first-order valence-corrected chi connectivity index (χ1v) is 5.09. The second kappa shape index (κ2) is 5.31. The lowest BCUT2D eigenvalue weighted by molar-refractivity contribution is -0.138. The van der Waals surface area contributed by atoms with Crippen molar-refractivity contribution in [1.29, 1.82) is 0 Å². The third kappa shape index (κ3) is 3.56. The van der Waals surface area contributed by atoms with Gasteiger partial charge in [-0.1, -0.05) is 12.1 Å². The van der Waals surface area contributed by atoms with Gasteiger partial charge in [0.1, 0.15) is 5.82 Å². The van der Waals surface area contributed by atoms with E-state index in [-0.39, 0.29) is 5.56 Å². The molecule has 0 spiro atoms. The van der Waals surface area contributed by atoms with Crippen molar-refractivity contribution in [3.05, 3.63) is 47.8 Å². The molecule has 0 aromatic heterocycles. The average molecular weight is 247 g/mol. The van der Waals surface area contributed by atoms with E-state index in [4.69, 9.17) is 5.73 Å². The highest BCUT2D eigenvalue weighted by Crippen LogP contribution is 2.35. The van der Waals surface area contributed by atoms with Crippen LogP contribution in [-0.4, -0.2) is 0 Å². The van der Waals surface area contributed by atoms with Crippen molar-refractivity contribution in [1.82, 2.24) is 0 Å². The SMILES string of the molecule is C=CCC[C@H](N)c1ccc(F)cc1C(F)(F)F. The molecule has 0 unspecified atom stereocenters. The fourth-order valence-corrected chi connectivity index (χ4v) is 1.55. The molecule has 0 saturated heterocycles. The van der Waals surface area contributed by atoms with Gasteiger partial charge in [-0.05, 0) is 30.5 Å². The summed E-state index contributed by atoms with van der Waals surface area (Å²) >= 11 is 0. The van der Waals surface area contributed by atoms with Gasteiger partial charge in [0.15, 0.2) is 0 Å². The van der Waals surface area contributed by atoms with Crippen molar-refractivity contribution >= 4 is 0 Å². The largest absolute Gasteiger partial charge is 0.416 e. The zero-order valence-corrected chi connectivity index (χ0v) is 9.10. The number of nitrogens with two attached hydrogens (primary N) is 1. The summed E-state index contributed by atoms with van der Waals surface area (Å²) in [5, 5.41) is 0. The van der Waals surface area contributed by atoms with Gasteiger partial charge in [-0.2, -0.15) is 13.2 Å². The number of allylic oxidation sites excluding steroid dienone is 1. The molecule has 94 valence electrons. The molecule has 17 heavy (non-hydrogen) atoms. The van der Waals surface area contributed by atoms with Crippen LogP contribution in [0.1, 0.15) is 30.0 Å². The minimum Gasteiger partial charge on any atom is -0.324 e. The van der Waals surface area contributed by atoms with Gasteiger partial charge in [0.2, 0.25) is 0 Å². The Hall–Kier alpha value is -1.36. The zero-order valence-electron chi connectivity index (χ0n) is 9.10. The molecule has 0 bridgehead atoms. The fraction of sp³-hybridized carbons (Fsp3) is 0.333. The highest BCUT2D eigenvalue weighted by molar-refractivity contribution is 5.32. The standard InChI is InChI=1S/C12H13F4N/c1-2-3-4-11(17)9-6-5-8(13)7-10(9)12(14,15)16/h2,5-7,11H,1,3-4,17H2/t11-/m0/s1. The molecule has 0 fully saturated rings. The predicted octanol–water partition coefficient (Wildman–Crippen LogP) is 3.81. The van der Waals surface area contributed by atoms with E-state index < -0.39 is 23.6 Å². The van der Waals surface area contributed by atoms with E-state index >= 15 is 0 Å². The van der Waals surface area contributed by atoms with Crippen LogP contribution in [-0.2, 0) is 6.18 Å². The number of rotatable bonds is 4. The van der Waals surface area contributed by atoms with Crippen molar-refractivity contribution in [3.8, 4) is 0 Å². The molecule has 1 nitrogen and oxygen atoms in total. The molecule has 0 saturated carbocycles. The van der Waals surface area contributed by atoms with Crippen LogP contribution in [0.25, 0.3) is 0 Å². The molecule has 0 aliphatic heterocycles. The van der Waals surface area contributed by atoms with Crippen LogP contribution >= 0.6 is 0 Å². The molecule has 5 heteroatoms. The van der Waals surface area contributed by atoms with Crippen LogP contribution in [0, 0.1) is 5.82 Å². The molecule has 1 rings (SSSR count). The Morgan fingerprint density at radius 1 is 1.35 bits per heavy atom. The lowest BCUT2D eigenvalue weighted by Gasteiger charge is -2.17.